The SMILES string of the molecule is CC(C)(C)ONS(=O)(=O)c1cncc(Br)c1. The van der Waals surface area contributed by atoms with E-state index in [1.165, 1.54) is 18.5 Å². The molecule has 0 unspecified atom stereocenters. The first-order valence-corrected chi connectivity index (χ1v) is 6.79. The predicted octanol–water partition coefficient (Wildman–Crippen LogP) is 1.85. The minimum absolute atomic E-state index is 0.0473. The van der Waals surface area contributed by atoms with Gasteiger partial charge < -0.3 is 0 Å². The van der Waals surface area contributed by atoms with E-state index in [0.29, 0.717) is 4.47 Å². The Balaban J connectivity index is 2.87. The fourth-order valence-corrected chi connectivity index (χ4v) is 2.22. The van der Waals surface area contributed by atoms with Gasteiger partial charge in [0.25, 0.3) is 10.0 Å². The lowest BCUT2D eigenvalue weighted by Crippen LogP contribution is -2.33. The molecule has 0 aliphatic heterocycles. The fraction of sp³-hybridized carbons (Fsp3) is 0.444. The summed E-state index contributed by atoms with van der Waals surface area (Å²) in [5.74, 6) is 0. The van der Waals surface area contributed by atoms with Crippen molar-refractivity contribution in [2.24, 2.45) is 0 Å². The summed E-state index contributed by atoms with van der Waals surface area (Å²) in [5, 5.41) is 0. The highest BCUT2D eigenvalue weighted by Crippen LogP contribution is 2.15. The van der Waals surface area contributed by atoms with Gasteiger partial charge in [0.05, 0.1) is 5.60 Å². The Morgan fingerprint density at radius 1 is 1.38 bits per heavy atom. The van der Waals surface area contributed by atoms with Gasteiger partial charge in [-0.3, -0.25) is 9.82 Å². The van der Waals surface area contributed by atoms with Crippen LogP contribution in [0.4, 0.5) is 0 Å². The van der Waals surface area contributed by atoms with Crippen molar-refractivity contribution in [1.29, 1.82) is 0 Å². The summed E-state index contributed by atoms with van der Waals surface area (Å²) < 4.78 is 24.1. The van der Waals surface area contributed by atoms with Crippen molar-refractivity contribution in [3.8, 4) is 0 Å². The molecule has 1 aromatic heterocycles. The van der Waals surface area contributed by atoms with E-state index in [4.69, 9.17) is 4.84 Å². The Hall–Kier alpha value is -0.500. The van der Waals surface area contributed by atoms with Crippen LogP contribution in [0.1, 0.15) is 20.8 Å². The number of hydrogen-bond acceptors (Lipinski definition) is 4. The molecular weight excluding hydrogens is 296 g/mol. The second-order valence-corrected chi connectivity index (χ2v) is 6.70. The van der Waals surface area contributed by atoms with Crippen molar-refractivity contribution in [1.82, 2.24) is 9.87 Å². The number of halogens is 1. The summed E-state index contributed by atoms with van der Waals surface area (Å²) in [4.78, 5) is 10.9. The number of rotatable bonds is 3. The van der Waals surface area contributed by atoms with Crippen LogP contribution in [0.3, 0.4) is 0 Å². The number of sulfonamides is 1. The highest BCUT2D eigenvalue weighted by atomic mass is 79.9. The third-order valence-corrected chi connectivity index (χ3v) is 3.03. The lowest BCUT2D eigenvalue weighted by molar-refractivity contribution is -0.0357. The Bertz CT molecular complexity index is 468. The van der Waals surface area contributed by atoms with Crippen molar-refractivity contribution in [2.45, 2.75) is 31.3 Å². The minimum Gasteiger partial charge on any atom is -0.281 e. The molecule has 1 N–H and O–H groups in total. The van der Waals surface area contributed by atoms with Crippen molar-refractivity contribution >= 4 is 26.0 Å². The fourth-order valence-electron chi connectivity index (χ4n) is 0.767. The van der Waals surface area contributed by atoms with Gasteiger partial charge in [-0.25, -0.2) is 8.42 Å². The van der Waals surface area contributed by atoms with Crippen molar-refractivity contribution in [2.75, 3.05) is 0 Å². The normalized spacial score (nSPS) is 12.8. The van der Waals surface area contributed by atoms with Crippen LogP contribution >= 0.6 is 15.9 Å². The van der Waals surface area contributed by atoms with E-state index < -0.39 is 15.6 Å². The highest BCUT2D eigenvalue weighted by Gasteiger charge is 2.19. The second kappa shape index (κ2) is 4.79. The number of nitrogens with zero attached hydrogens (tertiary/aromatic N) is 1. The maximum absolute atomic E-state index is 11.7. The van der Waals surface area contributed by atoms with Crippen LogP contribution in [-0.4, -0.2) is 19.0 Å². The summed E-state index contributed by atoms with van der Waals surface area (Å²) >= 11 is 3.15. The van der Waals surface area contributed by atoms with E-state index in [9.17, 15) is 8.42 Å². The van der Waals surface area contributed by atoms with Crippen LogP contribution in [0.15, 0.2) is 27.8 Å². The molecule has 90 valence electrons. The molecule has 0 saturated heterocycles. The van der Waals surface area contributed by atoms with Crippen LogP contribution in [0.25, 0.3) is 0 Å². The van der Waals surface area contributed by atoms with Crippen molar-refractivity contribution in [3.05, 3.63) is 22.9 Å². The molecule has 0 radical (unpaired) electrons. The Kier molecular flexibility index (Phi) is 4.06. The van der Waals surface area contributed by atoms with Gasteiger partial charge in [0, 0.05) is 16.9 Å². The van der Waals surface area contributed by atoms with Gasteiger partial charge in [-0.1, -0.05) is 4.89 Å². The molecule has 0 aliphatic rings. The van der Waals surface area contributed by atoms with Crippen LogP contribution in [0, 0.1) is 0 Å². The molecule has 0 saturated carbocycles. The highest BCUT2D eigenvalue weighted by molar-refractivity contribution is 9.10. The number of hydrogen-bond donors (Lipinski definition) is 1. The molecule has 16 heavy (non-hydrogen) atoms. The first-order valence-electron chi connectivity index (χ1n) is 4.51. The van der Waals surface area contributed by atoms with E-state index in [0.717, 1.165) is 0 Å². The molecule has 7 heteroatoms. The van der Waals surface area contributed by atoms with E-state index >= 15 is 0 Å². The summed E-state index contributed by atoms with van der Waals surface area (Å²) in [7, 11) is -3.68. The topological polar surface area (TPSA) is 68.3 Å². The maximum atomic E-state index is 11.7. The first kappa shape index (κ1) is 13.6. The van der Waals surface area contributed by atoms with Gasteiger partial charge in [0.15, 0.2) is 0 Å². The molecule has 0 atom stereocenters. The van der Waals surface area contributed by atoms with Gasteiger partial charge in [0.2, 0.25) is 0 Å². The Labute approximate surface area is 103 Å². The van der Waals surface area contributed by atoms with Gasteiger partial charge in [-0.05, 0) is 42.8 Å². The standard InChI is InChI=1S/C9H13BrN2O3S/c1-9(2,3)15-12-16(13,14)8-4-7(10)5-11-6-8/h4-6,12H,1-3H3. The van der Waals surface area contributed by atoms with Gasteiger partial charge in [-0.15, -0.1) is 0 Å². The quantitative estimate of drug-likeness (QED) is 0.865. The van der Waals surface area contributed by atoms with Gasteiger partial charge >= 0.3 is 0 Å². The van der Waals surface area contributed by atoms with Crippen molar-refractivity contribution in [3.63, 3.8) is 0 Å². The van der Waals surface area contributed by atoms with E-state index in [1.807, 2.05) is 0 Å². The predicted molar refractivity (Wildman–Crippen MR) is 63.1 cm³/mol. The van der Waals surface area contributed by atoms with E-state index in [2.05, 4.69) is 25.8 Å². The van der Waals surface area contributed by atoms with E-state index in [1.54, 1.807) is 20.8 Å². The number of nitrogens with one attached hydrogen (secondary N) is 1. The number of aromatic nitrogens is 1. The van der Waals surface area contributed by atoms with E-state index in [-0.39, 0.29) is 4.90 Å². The molecule has 0 aliphatic carbocycles. The Morgan fingerprint density at radius 3 is 2.50 bits per heavy atom. The first-order chi connectivity index (χ1) is 7.21. The zero-order chi connectivity index (χ0) is 12.4. The third kappa shape index (κ3) is 4.17. The summed E-state index contributed by atoms with van der Waals surface area (Å²) in [6, 6.07) is 1.45. The molecule has 0 amide bonds. The monoisotopic (exact) mass is 308 g/mol. The molecule has 0 bridgehead atoms. The minimum atomic E-state index is -3.68. The lowest BCUT2D eigenvalue weighted by atomic mass is 10.2. The van der Waals surface area contributed by atoms with Gasteiger partial charge in [0.1, 0.15) is 4.90 Å². The molecule has 1 aromatic rings. The molecule has 5 nitrogen and oxygen atoms in total. The molecular formula is C9H13BrN2O3S. The summed E-state index contributed by atoms with van der Waals surface area (Å²) in [6.07, 6.45) is 2.75. The Morgan fingerprint density at radius 2 is 2.00 bits per heavy atom. The van der Waals surface area contributed by atoms with Crippen LogP contribution in [0.2, 0.25) is 0 Å². The van der Waals surface area contributed by atoms with Crippen LogP contribution in [-0.2, 0) is 14.9 Å². The molecule has 0 aromatic carbocycles. The zero-order valence-electron chi connectivity index (χ0n) is 9.19. The number of pyridine rings is 1. The third-order valence-electron chi connectivity index (χ3n) is 1.45. The lowest BCUT2D eigenvalue weighted by Gasteiger charge is -2.19. The van der Waals surface area contributed by atoms with Crippen molar-refractivity contribution < 1.29 is 13.3 Å². The molecule has 0 fully saturated rings. The average Bonchev–Trinajstić information content (AvgIpc) is 2.14. The average molecular weight is 309 g/mol. The molecule has 0 spiro atoms. The largest absolute Gasteiger partial charge is 0.281 e. The van der Waals surface area contributed by atoms with Gasteiger partial charge in [-0.2, -0.15) is 0 Å². The molecule has 1 heterocycles. The van der Waals surface area contributed by atoms with Crippen LogP contribution in [0.5, 0.6) is 0 Å². The maximum Gasteiger partial charge on any atom is 0.264 e. The van der Waals surface area contributed by atoms with Crippen LogP contribution < -0.4 is 4.89 Å². The summed E-state index contributed by atoms with van der Waals surface area (Å²) in [6.45, 7) is 5.23. The zero-order valence-corrected chi connectivity index (χ0v) is 11.6. The second-order valence-electron chi connectivity index (χ2n) is 4.14. The summed E-state index contributed by atoms with van der Waals surface area (Å²) in [5.41, 5.74) is -0.591. The molecule has 1 rings (SSSR count). The smallest absolute Gasteiger partial charge is 0.264 e.